The van der Waals surface area contributed by atoms with Gasteiger partial charge >= 0.3 is 0 Å². The second-order valence-corrected chi connectivity index (χ2v) is 12.1. The van der Waals surface area contributed by atoms with Crippen molar-refractivity contribution >= 4 is 21.3 Å². The lowest BCUT2D eigenvalue weighted by molar-refractivity contribution is 0.0975. The summed E-state index contributed by atoms with van der Waals surface area (Å²) in [5, 5.41) is 13.2. The molecule has 7 nitrogen and oxygen atoms in total. The molecule has 0 spiro atoms. The molecule has 1 unspecified atom stereocenters. The maximum Gasteiger partial charge on any atom is 0.162 e. The highest BCUT2D eigenvalue weighted by atomic mass is 32.2. The number of sulfone groups is 1. The number of carbonyl (C=O) groups excluding carboxylic acids is 1. The molecule has 1 fully saturated rings. The van der Waals surface area contributed by atoms with Crippen LogP contribution in [0.3, 0.4) is 0 Å². The van der Waals surface area contributed by atoms with Crippen LogP contribution in [-0.2, 0) is 9.84 Å². The van der Waals surface area contributed by atoms with E-state index in [1.165, 1.54) is 12.1 Å². The number of pyridine rings is 1. The van der Waals surface area contributed by atoms with Gasteiger partial charge in [0, 0.05) is 60.9 Å². The van der Waals surface area contributed by atoms with Gasteiger partial charge < -0.3 is 10.1 Å². The highest BCUT2D eigenvalue weighted by Crippen LogP contribution is 2.32. The number of halogens is 2. The molecular formula is C29H31F2N3O4S. The lowest BCUT2D eigenvalue weighted by atomic mass is 9.84. The van der Waals surface area contributed by atoms with E-state index in [2.05, 4.69) is 15.0 Å². The lowest BCUT2D eigenvalue weighted by Gasteiger charge is -2.26. The normalized spacial score (nSPS) is 16.6. The molecule has 0 radical (unpaired) electrons. The van der Waals surface area contributed by atoms with Gasteiger partial charge in [-0.05, 0) is 49.2 Å². The summed E-state index contributed by atoms with van der Waals surface area (Å²) in [6.45, 7) is 3.45. The topological polar surface area (TPSA) is 99.9 Å². The SMILES string of the molecule is Cc1cc(/C(CC(c2ccc(C(=O)CCCN3CCS(=O)(=O)CC3)cc2)c2ccc(F)cc2F)=N/O)ccn1. The van der Waals surface area contributed by atoms with E-state index in [9.17, 15) is 27.2 Å². The fraction of sp³-hybridized carbons (Fsp3) is 0.345. The number of nitrogens with zero attached hydrogens (tertiary/aromatic N) is 3. The molecule has 0 bridgehead atoms. The molecule has 1 N–H and O–H groups in total. The summed E-state index contributed by atoms with van der Waals surface area (Å²) >= 11 is 0. The number of aryl methyl sites for hydroxylation is 1. The first-order valence-corrected chi connectivity index (χ1v) is 14.6. The largest absolute Gasteiger partial charge is 0.411 e. The van der Waals surface area contributed by atoms with Gasteiger partial charge in [-0.25, -0.2) is 17.2 Å². The van der Waals surface area contributed by atoms with Crippen molar-refractivity contribution in [1.82, 2.24) is 9.88 Å². The minimum Gasteiger partial charge on any atom is -0.411 e. The molecule has 1 aliphatic heterocycles. The van der Waals surface area contributed by atoms with Crippen molar-refractivity contribution in [2.75, 3.05) is 31.1 Å². The summed E-state index contributed by atoms with van der Waals surface area (Å²) in [4.78, 5) is 19.0. The minimum absolute atomic E-state index is 0.0411. The average molecular weight is 556 g/mol. The van der Waals surface area contributed by atoms with Crippen LogP contribution in [0.2, 0.25) is 0 Å². The quantitative estimate of drug-likeness (QED) is 0.168. The first-order valence-electron chi connectivity index (χ1n) is 12.8. The fourth-order valence-corrected chi connectivity index (χ4v) is 6.09. The smallest absolute Gasteiger partial charge is 0.162 e. The Labute approximate surface area is 227 Å². The average Bonchev–Trinajstić information content (AvgIpc) is 2.91. The summed E-state index contributed by atoms with van der Waals surface area (Å²) in [6.07, 6.45) is 2.66. The van der Waals surface area contributed by atoms with Crippen molar-refractivity contribution < 1.29 is 27.2 Å². The molecule has 206 valence electrons. The third-order valence-corrected chi connectivity index (χ3v) is 8.65. The molecule has 1 saturated heterocycles. The first kappa shape index (κ1) is 28.5. The van der Waals surface area contributed by atoms with E-state index in [1.54, 1.807) is 42.6 Å². The van der Waals surface area contributed by atoms with Gasteiger partial charge in [0.05, 0.1) is 17.2 Å². The molecule has 0 aliphatic carbocycles. The third-order valence-electron chi connectivity index (χ3n) is 7.04. The third kappa shape index (κ3) is 7.54. The van der Waals surface area contributed by atoms with E-state index >= 15 is 0 Å². The number of benzene rings is 2. The summed E-state index contributed by atoms with van der Waals surface area (Å²) in [5.41, 5.74) is 3.12. The molecule has 0 amide bonds. The second kappa shape index (κ2) is 12.6. The van der Waals surface area contributed by atoms with Crippen LogP contribution in [0.5, 0.6) is 0 Å². The number of Topliss-reactive ketones (excluding diaryl/α,β-unsaturated/α-hetero) is 1. The monoisotopic (exact) mass is 555 g/mol. The highest BCUT2D eigenvalue weighted by Gasteiger charge is 2.24. The Kier molecular flexibility index (Phi) is 9.19. The standard InChI is InChI=1S/C29H31F2N3O4S/c1-20-17-23(10-11-32-20)28(33-36)19-26(25-9-8-24(30)18-27(25)31)21-4-6-22(7-5-21)29(35)3-2-12-34-13-15-39(37,38)16-14-34/h4-11,17-18,26,36H,2-3,12-16,19H2,1H3/b33-28+. The van der Waals surface area contributed by atoms with Gasteiger partial charge in [0.15, 0.2) is 15.6 Å². The zero-order chi connectivity index (χ0) is 28.0. The number of rotatable bonds is 10. The van der Waals surface area contributed by atoms with E-state index in [0.29, 0.717) is 54.9 Å². The Morgan fingerprint density at radius 1 is 1.05 bits per heavy atom. The number of oxime groups is 1. The van der Waals surface area contributed by atoms with Crippen molar-refractivity contribution in [3.63, 3.8) is 0 Å². The van der Waals surface area contributed by atoms with Crippen LogP contribution < -0.4 is 0 Å². The number of hydrogen-bond donors (Lipinski definition) is 1. The van der Waals surface area contributed by atoms with E-state index in [-0.39, 0.29) is 29.3 Å². The molecule has 2 heterocycles. The molecule has 1 aromatic heterocycles. The molecule has 10 heteroatoms. The maximum atomic E-state index is 14.9. The summed E-state index contributed by atoms with van der Waals surface area (Å²) < 4.78 is 51.7. The van der Waals surface area contributed by atoms with Crippen LogP contribution in [0.15, 0.2) is 65.9 Å². The van der Waals surface area contributed by atoms with Crippen LogP contribution in [0.4, 0.5) is 8.78 Å². The van der Waals surface area contributed by atoms with Gasteiger partial charge in [0.25, 0.3) is 0 Å². The molecule has 2 aromatic carbocycles. The van der Waals surface area contributed by atoms with Crippen molar-refractivity contribution in [2.24, 2.45) is 5.16 Å². The zero-order valence-electron chi connectivity index (χ0n) is 21.7. The molecule has 0 saturated carbocycles. The molecule has 3 aromatic rings. The summed E-state index contributed by atoms with van der Waals surface area (Å²) in [7, 11) is -2.94. The highest BCUT2D eigenvalue weighted by molar-refractivity contribution is 7.91. The first-order chi connectivity index (χ1) is 18.6. The number of aromatic nitrogens is 1. The van der Waals surface area contributed by atoms with Crippen LogP contribution in [0, 0.1) is 18.6 Å². The predicted octanol–water partition coefficient (Wildman–Crippen LogP) is 4.76. The fourth-order valence-electron chi connectivity index (χ4n) is 4.81. The molecule has 1 atom stereocenters. The Balaban J connectivity index is 1.49. The van der Waals surface area contributed by atoms with Crippen molar-refractivity contribution in [1.29, 1.82) is 0 Å². The van der Waals surface area contributed by atoms with E-state index in [4.69, 9.17) is 0 Å². The Morgan fingerprint density at radius 2 is 1.77 bits per heavy atom. The molecule has 39 heavy (non-hydrogen) atoms. The van der Waals surface area contributed by atoms with Crippen LogP contribution in [-0.4, -0.2) is 66.1 Å². The maximum absolute atomic E-state index is 14.9. The number of carbonyl (C=O) groups is 1. The van der Waals surface area contributed by atoms with Crippen LogP contribution in [0.25, 0.3) is 0 Å². The Hall–Kier alpha value is -3.50. The van der Waals surface area contributed by atoms with E-state index in [1.807, 2.05) is 6.92 Å². The lowest BCUT2D eigenvalue weighted by Crippen LogP contribution is -2.40. The van der Waals surface area contributed by atoms with Gasteiger partial charge in [0.2, 0.25) is 0 Å². The van der Waals surface area contributed by atoms with E-state index < -0.39 is 27.4 Å². The van der Waals surface area contributed by atoms with Crippen LogP contribution in [0.1, 0.15) is 57.9 Å². The van der Waals surface area contributed by atoms with Gasteiger partial charge in [-0.3, -0.25) is 9.78 Å². The summed E-state index contributed by atoms with van der Waals surface area (Å²) in [5.74, 6) is -1.74. The Bertz CT molecular complexity index is 1450. The predicted molar refractivity (Wildman–Crippen MR) is 145 cm³/mol. The molecule has 4 rings (SSSR count). The van der Waals surface area contributed by atoms with Crippen molar-refractivity contribution in [3.05, 3.63) is 100 Å². The van der Waals surface area contributed by atoms with Gasteiger partial charge in [-0.2, -0.15) is 0 Å². The second-order valence-electron chi connectivity index (χ2n) is 9.80. The molecular weight excluding hydrogens is 524 g/mol. The summed E-state index contributed by atoms with van der Waals surface area (Å²) in [6, 6.07) is 13.7. The zero-order valence-corrected chi connectivity index (χ0v) is 22.5. The van der Waals surface area contributed by atoms with E-state index in [0.717, 1.165) is 11.8 Å². The van der Waals surface area contributed by atoms with Crippen molar-refractivity contribution in [3.8, 4) is 0 Å². The van der Waals surface area contributed by atoms with Gasteiger partial charge in [0.1, 0.15) is 11.6 Å². The van der Waals surface area contributed by atoms with Gasteiger partial charge in [-0.1, -0.05) is 35.5 Å². The number of hydrogen-bond acceptors (Lipinski definition) is 7. The Morgan fingerprint density at radius 3 is 2.41 bits per heavy atom. The van der Waals surface area contributed by atoms with Gasteiger partial charge in [-0.15, -0.1) is 0 Å². The van der Waals surface area contributed by atoms with Crippen LogP contribution >= 0.6 is 0 Å². The molecule has 1 aliphatic rings. The minimum atomic E-state index is -2.94. The number of ketones is 1. The van der Waals surface area contributed by atoms with Crippen molar-refractivity contribution in [2.45, 2.75) is 32.1 Å².